The Bertz CT molecular complexity index is 721. The van der Waals surface area contributed by atoms with Crippen LogP contribution in [0.5, 0.6) is 0 Å². The quantitative estimate of drug-likeness (QED) is 0.770. The first-order valence-corrected chi connectivity index (χ1v) is 7.81. The molecule has 0 aliphatic carbocycles. The highest BCUT2D eigenvalue weighted by Crippen LogP contribution is 2.23. The van der Waals surface area contributed by atoms with Crippen molar-refractivity contribution in [2.24, 2.45) is 5.73 Å². The van der Waals surface area contributed by atoms with Crippen LogP contribution in [0, 0.1) is 6.92 Å². The molecular weight excluding hydrogens is 335 g/mol. The van der Waals surface area contributed by atoms with E-state index in [-0.39, 0.29) is 5.91 Å². The van der Waals surface area contributed by atoms with Crippen molar-refractivity contribution in [2.45, 2.75) is 25.9 Å². The van der Waals surface area contributed by atoms with Crippen LogP contribution >= 0.6 is 23.2 Å². The van der Waals surface area contributed by atoms with Crippen LogP contribution in [0.15, 0.2) is 30.3 Å². The second-order valence-electron chi connectivity index (χ2n) is 5.26. The summed E-state index contributed by atoms with van der Waals surface area (Å²) in [5.41, 5.74) is 14.1. The molecule has 0 saturated carbocycles. The maximum atomic E-state index is 12.1. The number of halogens is 2. The molecule has 5 nitrogen and oxygen atoms in total. The van der Waals surface area contributed by atoms with Crippen molar-refractivity contribution in [3.63, 3.8) is 0 Å². The van der Waals surface area contributed by atoms with Gasteiger partial charge in [0.1, 0.15) is 5.82 Å². The minimum absolute atomic E-state index is 0.243. The molecule has 0 fully saturated rings. The second-order valence-corrected chi connectivity index (χ2v) is 6.07. The van der Waals surface area contributed by atoms with Crippen molar-refractivity contribution in [1.82, 2.24) is 10.3 Å². The number of anilines is 1. The van der Waals surface area contributed by atoms with E-state index in [4.69, 9.17) is 34.7 Å². The van der Waals surface area contributed by atoms with Gasteiger partial charge in [-0.3, -0.25) is 4.79 Å². The van der Waals surface area contributed by atoms with Gasteiger partial charge in [0, 0.05) is 12.2 Å². The molecule has 2 aromatic rings. The summed E-state index contributed by atoms with van der Waals surface area (Å²) in [6.45, 7) is 2.19. The van der Waals surface area contributed by atoms with Gasteiger partial charge in [-0.15, -0.1) is 0 Å². The van der Waals surface area contributed by atoms with E-state index in [1.807, 2.05) is 13.0 Å². The molecule has 2 rings (SSSR count). The normalized spacial score (nSPS) is 12.0. The van der Waals surface area contributed by atoms with Crippen molar-refractivity contribution in [3.05, 3.63) is 57.2 Å². The van der Waals surface area contributed by atoms with Crippen molar-refractivity contribution in [3.8, 4) is 0 Å². The molecule has 7 heteroatoms. The van der Waals surface area contributed by atoms with Gasteiger partial charge in [-0.05, 0) is 42.7 Å². The maximum Gasteiger partial charge on any atom is 0.237 e. The summed E-state index contributed by atoms with van der Waals surface area (Å²) < 4.78 is 0. The number of pyridine rings is 1. The number of nitrogens with one attached hydrogen (secondary N) is 1. The number of carbonyl (C=O) groups excluding carboxylic acids is 1. The van der Waals surface area contributed by atoms with Crippen LogP contribution in [0.25, 0.3) is 0 Å². The zero-order valence-electron chi connectivity index (χ0n) is 12.6. The molecule has 0 unspecified atom stereocenters. The van der Waals surface area contributed by atoms with E-state index in [0.717, 1.165) is 16.8 Å². The lowest BCUT2D eigenvalue weighted by Gasteiger charge is -2.13. The molecule has 122 valence electrons. The summed E-state index contributed by atoms with van der Waals surface area (Å²) in [6.07, 6.45) is 0.377. The summed E-state index contributed by atoms with van der Waals surface area (Å²) in [4.78, 5) is 16.3. The van der Waals surface area contributed by atoms with Gasteiger partial charge in [-0.1, -0.05) is 35.3 Å². The highest BCUT2D eigenvalue weighted by molar-refractivity contribution is 6.42. The van der Waals surface area contributed by atoms with E-state index < -0.39 is 6.04 Å². The Morgan fingerprint density at radius 3 is 2.65 bits per heavy atom. The third-order valence-electron chi connectivity index (χ3n) is 3.45. The number of nitrogens with zero attached hydrogens (tertiary/aromatic N) is 1. The van der Waals surface area contributed by atoms with Crippen molar-refractivity contribution in [1.29, 1.82) is 0 Å². The molecule has 1 aromatic heterocycles. The van der Waals surface area contributed by atoms with Crippen LogP contribution in [0.4, 0.5) is 5.82 Å². The van der Waals surface area contributed by atoms with Crippen molar-refractivity contribution >= 4 is 34.9 Å². The lowest BCUT2D eigenvalue weighted by Crippen LogP contribution is -2.41. The maximum absolute atomic E-state index is 12.1. The summed E-state index contributed by atoms with van der Waals surface area (Å²) >= 11 is 11.8. The molecule has 0 saturated heterocycles. The van der Waals surface area contributed by atoms with E-state index in [1.165, 1.54) is 0 Å². The van der Waals surface area contributed by atoms with Gasteiger partial charge in [0.05, 0.1) is 16.1 Å². The minimum Gasteiger partial charge on any atom is -0.384 e. The average molecular weight is 353 g/mol. The molecular formula is C16H18Cl2N4O. The molecule has 0 radical (unpaired) electrons. The molecule has 1 atom stereocenters. The number of hydrogen-bond donors (Lipinski definition) is 3. The van der Waals surface area contributed by atoms with E-state index in [1.54, 1.807) is 24.3 Å². The highest BCUT2D eigenvalue weighted by Gasteiger charge is 2.15. The Labute approximate surface area is 145 Å². The number of hydrogen-bond acceptors (Lipinski definition) is 4. The zero-order chi connectivity index (χ0) is 17.0. The van der Waals surface area contributed by atoms with Gasteiger partial charge in [0.2, 0.25) is 5.91 Å². The van der Waals surface area contributed by atoms with Gasteiger partial charge in [0.25, 0.3) is 0 Å². The smallest absolute Gasteiger partial charge is 0.237 e. The molecule has 23 heavy (non-hydrogen) atoms. The number of benzene rings is 1. The predicted molar refractivity (Wildman–Crippen MR) is 93.4 cm³/mol. The van der Waals surface area contributed by atoms with Crippen molar-refractivity contribution in [2.75, 3.05) is 5.73 Å². The molecule has 0 spiro atoms. The molecule has 1 amide bonds. The lowest BCUT2D eigenvalue weighted by atomic mass is 10.1. The van der Waals surface area contributed by atoms with Gasteiger partial charge in [-0.25, -0.2) is 4.98 Å². The van der Waals surface area contributed by atoms with Crippen molar-refractivity contribution < 1.29 is 4.79 Å². The number of nitrogen functional groups attached to an aromatic ring is 1. The van der Waals surface area contributed by atoms with Crippen LogP contribution in [0.3, 0.4) is 0 Å². The van der Waals surface area contributed by atoms with E-state index in [0.29, 0.717) is 28.8 Å². The third-order valence-corrected chi connectivity index (χ3v) is 4.19. The van der Waals surface area contributed by atoms with E-state index in [9.17, 15) is 4.79 Å². The van der Waals surface area contributed by atoms with Crippen LogP contribution in [-0.4, -0.2) is 16.9 Å². The highest BCUT2D eigenvalue weighted by atomic mass is 35.5. The Kier molecular flexibility index (Phi) is 5.82. The van der Waals surface area contributed by atoms with Crippen LogP contribution in [-0.2, 0) is 17.8 Å². The fourth-order valence-electron chi connectivity index (χ4n) is 2.12. The van der Waals surface area contributed by atoms with Crippen LogP contribution in [0.2, 0.25) is 10.0 Å². The predicted octanol–water partition coefficient (Wildman–Crippen LogP) is 2.47. The number of rotatable bonds is 5. The molecule has 0 aliphatic rings. The second kappa shape index (κ2) is 7.64. The number of aromatic nitrogens is 1. The summed E-state index contributed by atoms with van der Waals surface area (Å²) in [7, 11) is 0. The van der Waals surface area contributed by atoms with Gasteiger partial charge >= 0.3 is 0 Å². The third kappa shape index (κ3) is 4.82. The Balaban J connectivity index is 1.93. The first kappa shape index (κ1) is 17.5. The molecule has 1 heterocycles. The van der Waals surface area contributed by atoms with E-state index in [2.05, 4.69) is 10.3 Å². The number of nitrogens with two attached hydrogens (primary N) is 2. The van der Waals surface area contributed by atoms with Gasteiger partial charge in [-0.2, -0.15) is 0 Å². The average Bonchev–Trinajstić information content (AvgIpc) is 2.49. The monoisotopic (exact) mass is 352 g/mol. The Morgan fingerprint density at radius 2 is 2.00 bits per heavy atom. The fraction of sp³-hybridized carbons (Fsp3) is 0.250. The van der Waals surface area contributed by atoms with Gasteiger partial charge < -0.3 is 16.8 Å². The molecule has 5 N–H and O–H groups in total. The molecule has 1 aromatic carbocycles. The fourth-order valence-corrected chi connectivity index (χ4v) is 2.44. The SMILES string of the molecule is Cc1nc(N)ccc1CNC(=O)[C@H](N)Cc1ccc(Cl)c(Cl)c1. The van der Waals surface area contributed by atoms with Gasteiger partial charge in [0.15, 0.2) is 0 Å². The summed E-state index contributed by atoms with van der Waals surface area (Å²) in [5, 5.41) is 3.72. The zero-order valence-corrected chi connectivity index (χ0v) is 14.2. The van der Waals surface area contributed by atoms with Crippen LogP contribution in [0.1, 0.15) is 16.8 Å². The van der Waals surface area contributed by atoms with E-state index >= 15 is 0 Å². The Hall–Kier alpha value is -1.82. The minimum atomic E-state index is -0.672. The number of carbonyl (C=O) groups is 1. The van der Waals surface area contributed by atoms with Crippen LogP contribution < -0.4 is 16.8 Å². The number of amides is 1. The largest absolute Gasteiger partial charge is 0.384 e. The first-order chi connectivity index (χ1) is 10.9. The first-order valence-electron chi connectivity index (χ1n) is 7.06. The topological polar surface area (TPSA) is 94.0 Å². The lowest BCUT2D eigenvalue weighted by molar-refractivity contribution is -0.122. The summed E-state index contributed by atoms with van der Waals surface area (Å²) in [6, 6.07) is 8.06. The molecule has 0 aliphatic heterocycles. The number of aryl methyl sites for hydroxylation is 1. The molecule has 0 bridgehead atoms. The summed E-state index contributed by atoms with van der Waals surface area (Å²) in [5.74, 6) is 0.209. The standard InChI is InChI=1S/C16H18Cl2N4O/c1-9-11(3-5-15(20)22-9)8-21-16(23)14(19)7-10-2-4-12(17)13(18)6-10/h2-6,14H,7-8,19H2,1H3,(H2,20,22)(H,21,23)/t14-/m1/s1. The Morgan fingerprint density at radius 1 is 1.26 bits per heavy atom.